The van der Waals surface area contributed by atoms with Crippen molar-refractivity contribution in [2.24, 2.45) is 0 Å². The second-order valence-electron chi connectivity index (χ2n) is 5.47. The zero-order valence-corrected chi connectivity index (χ0v) is 15.6. The van der Waals surface area contributed by atoms with Crippen molar-refractivity contribution in [1.29, 1.82) is 0 Å². The van der Waals surface area contributed by atoms with E-state index in [9.17, 15) is 13.6 Å². The topological polar surface area (TPSA) is 87.8 Å². The number of halogens is 3. The summed E-state index contributed by atoms with van der Waals surface area (Å²) in [5.41, 5.74) is 1.00. The summed E-state index contributed by atoms with van der Waals surface area (Å²) < 4.78 is 41.8. The van der Waals surface area contributed by atoms with Crippen LogP contribution in [0.3, 0.4) is 0 Å². The second-order valence-corrected chi connectivity index (χ2v) is 5.91. The van der Waals surface area contributed by atoms with Crippen LogP contribution in [-0.4, -0.2) is 45.2 Å². The highest BCUT2D eigenvalue weighted by atomic mass is 35.5. The van der Waals surface area contributed by atoms with Crippen molar-refractivity contribution >= 4 is 23.2 Å². The van der Waals surface area contributed by atoms with E-state index in [1.54, 1.807) is 19.9 Å². The lowest BCUT2D eigenvalue weighted by molar-refractivity contribution is 0.0519. The van der Waals surface area contributed by atoms with Crippen LogP contribution in [-0.2, 0) is 4.74 Å². The molecule has 28 heavy (non-hydrogen) atoms. The number of ether oxygens (including phenoxy) is 3. The van der Waals surface area contributed by atoms with Gasteiger partial charge < -0.3 is 14.2 Å². The van der Waals surface area contributed by atoms with Gasteiger partial charge in [-0.05, 0) is 19.9 Å². The Hall–Kier alpha value is -3.01. The third-order valence-corrected chi connectivity index (χ3v) is 3.70. The molecule has 3 aromatic rings. The van der Waals surface area contributed by atoms with E-state index < -0.39 is 19.0 Å². The zero-order valence-electron chi connectivity index (χ0n) is 14.9. The zero-order chi connectivity index (χ0) is 20.3. The normalized spacial score (nSPS) is 11.1. The van der Waals surface area contributed by atoms with E-state index in [0.29, 0.717) is 11.3 Å². The third-order valence-electron chi connectivity index (χ3n) is 3.50. The van der Waals surface area contributed by atoms with Gasteiger partial charge in [0.25, 0.3) is 12.3 Å². The number of esters is 1. The molecule has 0 radical (unpaired) electrons. The average Bonchev–Trinajstić information content (AvgIpc) is 2.98. The first kappa shape index (κ1) is 19.7. The van der Waals surface area contributed by atoms with Gasteiger partial charge >= 0.3 is 5.97 Å². The van der Waals surface area contributed by atoms with Crippen LogP contribution in [0, 0.1) is 6.92 Å². The number of pyridine rings is 1. The Balaban J connectivity index is 1.91. The van der Waals surface area contributed by atoms with Gasteiger partial charge in [-0.15, -0.1) is 5.10 Å². The summed E-state index contributed by atoms with van der Waals surface area (Å²) in [7, 11) is 0. The summed E-state index contributed by atoms with van der Waals surface area (Å²) in [5, 5.41) is 4.44. The molecule has 3 rings (SSSR count). The van der Waals surface area contributed by atoms with Crippen molar-refractivity contribution < 1.29 is 27.8 Å². The van der Waals surface area contributed by atoms with Crippen molar-refractivity contribution in [3.8, 4) is 17.5 Å². The van der Waals surface area contributed by atoms with Crippen LogP contribution in [0.4, 0.5) is 8.78 Å². The van der Waals surface area contributed by atoms with Crippen LogP contribution in [0.15, 0.2) is 24.4 Å². The Kier molecular flexibility index (Phi) is 5.88. The number of alkyl halides is 2. The van der Waals surface area contributed by atoms with Gasteiger partial charge in [-0.3, -0.25) is 0 Å². The van der Waals surface area contributed by atoms with Gasteiger partial charge in [-0.2, -0.15) is 0 Å². The lowest BCUT2D eigenvalue weighted by Crippen LogP contribution is -2.08. The molecule has 0 aromatic carbocycles. The summed E-state index contributed by atoms with van der Waals surface area (Å²) in [4.78, 5) is 20.1. The largest absolute Gasteiger partial charge is 0.482 e. The van der Waals surface area contributed by atoms with Gasteiger partial charge in [-0.1, -0.05) is 11.6 Å². The van der Waals surface area contributed by atoms with Crippen LogP contribution in [0.2, 0.25) is 5.02 Å². The molecule has 0 unspecified atom stereocenters. The van der Waals surface area contributed by atoms with Gasteiger partial charge in [0.05, 0.1) is 17.3 Å². The van der Waals surface area contributed by atoms with E-state index in [1.165, 1.54) is 22.8 Å². The molecule has 8 nitrogen and oxygen atoms in total. The molecule has 0 saturated heterocycles. The number of aryl methyl sites for hydroxylation is 1. The van der Waals surface area contributed by atoms with Crippen LogP contribution in [0.1, 0.15) is 23.1 Å². The smallest absolute Gasteiger partial charge is 0.358 e. The quantitative estimate of drug-likeness (QED) is 0.547. The highest BCUT2D eigenvalue weighted by Crippen LogP contribution is 2.31. The highest BCUT2D eigenvalue weighted by Gasteiger charge is 2.19. The Morgan fingerprint density at radius 1 is 1.36 bits per heavy atom. The van der Waals surface area contributed by atoms with Crippen LogP contribution in [0.25, 0.3) is 5.65 Å². The van der Waals surface area contributed by atoms with E-state index in [1.807, 2.05) is 0 Å². The highest BCUT2D eigenvalue weighted by molar-refractivity contribution is 6.30. The monoisotopic (exact) mass is 412 g/mol. The number of carbonyl (C=O) groups excluding carboxylic acids is 1. The standard InChI is InChI=1S/C17H15ClF2N4O4/c1-3-26-17(25)15-9(2)24-13(22-15)4-5-14(23-24)28-16-11(27-8-12(19)20)6-10(18)7-21-16/h4-7,12H,3,8H2,1-2H3. The lowest BCUT2D eigenvalue weighted by Gasteiger charge is -2.11. The van der Waals surface area contributed by atoms with E-state index in [-0.39, 0.29) is 34.8 Å². The first-order chi connectivity index (χ1) is 13.4. The average molecular weight is 413 g/mol. The van der Waals surface area contributed by atoms with E-state index >= 15 is 0 Å². The molecule has 0 aliphatic rings. The minimum Gasteiger partial charge on any atom is -0.482 e. The fraction of sp³-hybridized carbons (Fsp3) is 0.294. The maximum absolute atomic E-state index is 12.4. The number of imidazole rings is 1. The molecule has 3 heterocycles. The third kappa shape index (κ3) is 4.28. The Bertz CT molecular complexity index is 1010. The summed E-state index contributed by atoms with van der Waals surface area (Å²) in [5.74, 6) is -0.611. The van der Waals surface area contributed by atoms with Crippen LogP contribution >= 0.6 is 11.6 Å². The number of carbonyl (C=O) groups is 1. The number of hydrogen-bond donors (Lipinski definition) is 0. The van der Waals surface area contributed by atoms with E-state index in [2.05, 4.69) is 15.1 Å². The molecule has 0 atom stereocenters. The van der Waals surface area contributed by atoms with Crippen LogP contribution in [0.5, 0.6) is 17.5 Å². The van der Waals surface area contributed by atoms with Gasteiger partial charge in [0, 0.05) is 18.3 Å². The Morgan fingerprint density at radius 3 is 2.86 bits per heavy atom. The summed E-state index contributed by atoms with van der Waals surface area (Å²) >= 11 is 5.83. The molecule has 0 aliphatic heterocycles. The number of rotatable bonds is 7. The van der Waals surface area contributed by atoms with Gasteiger partial charge in [-0.25, -0.2) is 28.1 Å². The number of fused-ring (bicyclic) bond motifs is 1. The fourth-order valence-corrected chi connectivity index (χ4v) is 2.46. The molecule has 0 N–H and O–H groups in total. The first-order valence-electron chi connectivity index (χ1n) is 8.17. The molecule has 0 bridgehead atoms. The SMILES string of the molecule is CCOC(=O)c1nc2ccc(Oc3ncc(Cl)cc3OCC(F)F)nn2c1C. The van der Waals surface area contributed by atoms with Crippen LogP contribution < -0.4 is 9.47 Å². The van der Waals surface area contributed by atoms with Gasteiger partial charge in [0.2, 0.25) is 5.88 Å². The fourth-order valence-electron chi connectivity index (χ4n) is 2.31. The van der Waals surface area contributed by atoms with Gasteiger partial charge in [0.1, 0.15) is 6.61 Å². The minimum absolute atomic E-state index is 0.0516. The first-order valence-corrected chi connectivity index (χ1v) is 8.54. The Morgan fingerprint density at radius 2 is 2.14 bits per heavy atom. The second kappa shape index (κ2) is 8.34. The maximum Gasteiger partial charge on any atom is 0.358 e. The van der Waals surface area contributed by atoms with Crippen molar-refractivity contribution in [3.63, 3.8) is 0 Å². The number of nitrogens with zero attached hydrogens (tertiary/aromatic N) is 4. The minimum atomic E-state index is -2.67. The van der Waals surface area contributed by atoms with Crippen molar-refractivity contribution in [2.75, 3.05) is 13.2 Å². The summed E-state index contributed by atoms with van der Waals surface area (Å²) in [6, 6.07) is 4.38. The molecular formula is C17H15ClF2N4O4. The molecular weight excluding hydrogens is 398 g/mol. The molecule has 0 saturated carbocycles. The van der Waals surface area contributed by atoms with E-state index in [0.717, 1.165) is 0 Å². The molecule has 0 amide bonds. The summed E-state index contributed by atoms with van der Waals surface area (Å²) in [6.45, 7) is 2.73. The predicted molar refractivity (Wildman–Crippen MR) is 94.5 cm³/mol. The van der Waals surface area contributed by atoms with Gasteiger partial charge in [0.15, 0.2) is 17.1 Å². The summed E-state index contributed by atoms with van der Waals surface area (Å²) in [6.07, 6.45) is -1.39. The molecule has 0 spiro atoms. The molecule has 0 fully saturated rings. The number of aromatic nitrogens is 4. The molecule has 148 valence electrons. The van der Waals surface area contributed by atoms with E-state index in [4.69, 9.17) is 25.8 Å². The number of hydrogen-bond acceptors (Lipinski definition) is 7. The Labute approximate surface area is 163 Å². The van der Waals surface area contributed by atoms with Crippen molar-refractivity contribution in [3.05, 3.63) is 40.8 Å². The predicted octanol–water partition coefficient (Wildman–Crippen LogP) is 3.70. The lowest BCUT2D eigenvalue weighted by atomic mass is 10.3. The molecule has 11 heteroatoms. The van der Waals surface area contributed by atoms with Crippen molar-refractivity contribution in [2.45, 2.75) is 20.3 Å². The maximum atomic E-state index is 12.4. The molecule has 0 aliphatic carbocycles. The van der Waals surface area contributed by atoms with Crippen molar-refractivity contribution in [1.82, 2.24) is 19.6 Å². The molecule has 3 aromatic heterocycles.